The van der Waals surface area contributed by atoms with Crippen LogP contribution in [0, 0.1) is 19.8 Å². The van der Waals surface area contributed by atoms with Gasteiger partial charge in [-0.15, -0.1) is 0 Å². The van der Waals surface area contributed by atoms with Crippen molar-refractivity contribution in [1.29, 1.82) is 0 Å². The van der Waals surface area contributed by atoms with E-state index in [1.165, 1.54) is 30.5 Å². The highest BCUT2D eigenvalue weighted by Crippen LogP contribution is 2.28. The Morgan fingerprint density at radius 3 is 2.62 bits per heavy atom. The van der Waals surface area contributed by atoms with E-state index in [-0.39, 0.29) is 6.04 Å². The fourth-order valence-corrected chi connectivity index (χ4v) is 2.45. The highest BCUT2D eigenvalue weighted by molar-refractivity contribution is 5.25. The van der Waals surface area contributed by atoms with Crippen molar-refractivity contribution in [2.45, 2.75) is 59.0 Å². The zero-order valence-corrected chi connectivity index (χ0v) is 10.7. The minimum atomic E-state index is 0.221. The second kappa shape index (κ2) is 4.58. The Balaban J connectivity index is 2.13. The number of hydrogen-bond donors (Lipinski definition) is 1. The summed E-state index contributed by atoms with van der Waals surface area (Å²) in [6.07, 6.45) is 5.10. The summed E-state index contributed by atoms with van der Waals surface area (Å²) in [5, 5.41) is 4.65. The van der Waals surface area contributed by atoms with Gasteiger partial charge < -0.3 is 5.73 Å². The van der Waals surface area contributed by atoms with E-state index in [4.69, 9.17) is 5.73 Å². The summed E-state index contributed by atoms with van der Waals surface area (Å²) >= 11 is 0. The van der Waals surface area contributed by atoms with Crippen molar-refractivity contribution < 1.29 is 0 Å². The maximum atomic E-state index is 5.87. The van der Waals surface area contributed by atoms with E-state index in [9.17, 15) is 0 Å². The molecule has 3 heteroatoms. The zero-order valence-electron chi connectivity index (χ0n) is 10.7. The zero-order chi connectivity index (χ0) is 11.7. The Bertz CT molecular complexity index is 361. The molecule has 16 heavy (non-hydrogen) atoms. The Kier molecular flexibility index (Phi) is 3.33. The lowest BCUT2D eigenvalue weighted by molar-refractivity contribution is 0.264. The van der Waals surface area contributed by atoms with E-state index in [2.05, 4.69) is 30.6 Å². The molecular formula is C13H23N3. The van der Waals surface area contributed by atoms with Crippen LogP contribution in [0.1, 0.15) is 43.1 Å². The Hall–Kier alpha value is -0.830. The molecule has 0 bridgehead atoms. The number of aryl methyl sites for hydroxylation is 1. The van der Waals surface area contributed by atoms with Gasteiger partial charge in [-0.3, -0.25) is 4.68 Å². The van der Waals surface area contributed by atoms with Gasteiger partial charge in [0.1, 0.15) is 0 Å². The topological polar surface area (TPSA) is 43.8 Å². The summed E-state index contributed by atoms with van der Waals surface area (Å²) in [4.78, 5) is 0. The predicted molar refractivity (Wildman–Crippen MR) is 66.4 cm³/mol. The fraction of sp³-hybridized carbons (Fsp3) is 0.769. The average Bonchev–Trinajstić information content (AvgIpc) is 2.39. The molecule has 0 aliphatic heterocycles. The van der Waals surface area contributed by atoms with E-state index in [1.807, 2.05) is 0 Å². The highest BCUT2D eigenvalue weighted by Gasteiger charge is 2.20. The Morgan fingerprint density at radius 1 is 1.44 bits per heavy atom. The van der Waals surface area contributed by atoms with Crippen molar-refractivity contribution in [3.8, 4) is 0 Å². The summed E-state index contributed by atoms with van der Waals surface area (Å²) in [6.45, 7) is 7.44. The fourth-order valence-electron chi connectivity index (χ4n) is 2.45. The van der Waals surface area contributed by atoms with Crippen molar-refractivity contribution >= 4 is 0 Å². The number of rotatable bonds is 4. The van der Waals surface area contributed by atoms with Gasteiger partial charge in [-0.05, 0) is 51.5 Å². The molecule has 2 N–H and O–H groups in total. The summed E-state index contributed by atoms with van der Waals surface area (Å²) in [5.41, 5.74) is 9.71. The number of hydrogen-bond acceptors (Lipinski definition) is 2. The first-order chi connectivity index (χ1) is 7.58. The third-order valence-electron chi connectivity index (χ3n) is 3.71. The maximum absolute atomic E-state index is 5.87. The lowest BCUT2D eigenvalue weighted by Gasteiger charge is -2.25. The second-order valence-corrected chi connectivity index (χ2v) is 5.31. The molecule has 0 aromatic carbocycles. The predicted octanol–water partition coefficient (Wildman–Crippen LogP) is 2.19. The first-order valence-electron chi connectivity index (χ1n) is 6.36. The lowest BCUT2D eigenvalue weighted by Crippen LogP contribution is -2.20. The van der Waals surface area contributed by atoms with Crippen LogP contribution in [-0.2, 0) is 13.0 Å². The molecular weight excluding hydrogens is 198 g/mol. The first kappa shape index (κ1) is 11.6. The Morgan fingerprint density at radius 2 is 2.12 bits per heavy atom. The molecule has 1 fully saturated rings. The van der Waals surface area contributed by atoms with E-state index in [0.717, 1.165) is 24.6 Å². The van der Waals surface area contributed by atoms with Crippen LogP contribution in [0.25, 0.3) is 0 Å². The van der Waals surface area contributed by atoms with Gasteiger partial charge in [-0.1, -0.05) is 6.42 Å². The van der Waals surface area contributed by atoms with Gasteiger partial charge in [-0.25, -0.2) is 0 Å². The van der Waals surface area contributed by atoms with Crippen LogP contribution in [0.15, 0.2) is 0 Å². The monoisotopic (exact) mass is 221 g/mol. The van der Waals surface area contributed by atoms with E-state index in [1.54, 1.807) is 0 Å². The third kappa shape index (κ3) is 2.29. The van der Waals surface area contributed by atoms with Gasteiger partial charge in [0, 0.05) is 18.3 Å². The molecule has 0 radical (unpaired) electrons. The maximum Gasteiger partial charge on any atom is 0.0629 e. The third-order valence-corrected chi connectivity index (χ3v) is 3.71. The quantitative estimate of drug-likeness (QED) is 0.847. The van der Waals surface area contributed by atoms with Crippen LogP contribution >= 0.6 is 0 Å². The van der Waals surface area contributed by atoms with Crippen molar-refractivity contribution in [1.82, 2.24) is 9.78 Å². The molecule has 0 saturated heterocycles. The molecule has 1 aromatic rings. The minimum absolute atomic E-state index is 0.221. The summed E-state index contributed by atoms with van der Waals surface area (Å²) in [6, 6.07) is 0.221. The summed E-state index contributed by atoms with van der Waals surface area (Å²) < 4.78 is 2.19. The molecule has 1 atom stereocenters. The molecule has 2 rings (SSSR count). The van der Waals surface area contributed by atoms with E-state index < -0.39 is 0 Å². The molecule has 1 unspecified atom stereocenters. The molecule has 1 aliphatic carbocycles. The number of aromatic nitrogens is 2. The molecule has 1 heterocycles. The smallest absolute Gasteiger partial charge is 0.0629 e. The minimum Gasteiger partial charge on any atom is -0.328 e. The van der Waals surface area contributed by atoms with Crippen molar-refractivity contribution in [2.75, 3.05) is 0 Å². The van der Waals surface area contributed by atoms with Crippen LogP contribution in [0.4, 0.5) is 0 Å². The largest absolute Gasteiger partial charge is 0.328 e. The Labute approximate surface area is 98.0 Å². The van der Waals surface area contributed by atoms with Gasteiger partial charge >= 0.3 is 0 Å². The van der Waals surface area contributed by atoms with Crippen LogP contribution in [0.5, 0.6) is 0 Å². The van der Waals surface area contributed by atoms with Crippen molar-refractivity contribution in [2.24, 2.45) is 11.7 Å². The second-order valence-electron chi connectivity index (χ2n) is 5.31. The lowest BCUT2D eigenvalue weighted by atomic mass is 9.85. The van der Waals surface area contributed by atoms with Crippen LogP contribution < -0.4 is 5.73 Å². The van der Waals surface area contributed by atoms with Crippen LogP contribution in [0.3, 0.4) is 0 Å². The van der Waals surface area contributed by atoms with Crippen molar-refractivity contribution in [3.05, 3.63) is 17.0 Å². The molecule has 0 amide bonds. The first-order valence-corrected chi connectivity index (χ1v) is 6.36. The molecule has 0 spiro atoms. The molecule has 3 nitrogen and oxygen atoms in total. The molecule has 90 valence electrons. The summed E-state index contributed by atoms with van der Waals surface area (Å²) in [5.74, 6) is 0.862. The van der Waals surface area contributed by atoms with Crippen LogP contribution in [0.2, 0.25) is 0 Å². The van der Waals surface area contributed by atoms with Crippen LogP contribution in [-0.4, -0.2) is 15.8 Å². The average molecular weight is 221 g/mol. The van der Waals surface area contributed by atoms with E-state index >= 15 is 0 Å². The standard InChI is InChI=1S/C13H23N3/c1-9(14)7-13-10(2)15-16(11(13)3)8-12-5-4-6-12/h9,12H,4-8,14H2,1-3H3. The normalized spacial score (nSPS) is 18.5. The molecule has 1 aromatic heterocycles. The summed E-state index contributed by atoms with van der Waals surface area (Å²) in [7, 11) is 0. The molecule has 1 saturated carbocycles. The van der Waals surface area contributed by atoms with Gasteiger partial charge in [0.25, 0.3) is 0 Å². The SMILES string of the molecule is Cc1nn(CC2CCC2)c(C)c1CC(C)N. The van der Waals surface area contributed by atoms with Gasteiger partial charge in [0.05, 0.1) is 5.69 Å². The molecule has 1 aliphatic rings. The number of nitrogens with zero attached hydrogens (tertiary/aromatic N) is 2. The van der Waals surface area contributed by atoms with E-state index in [0.29, 0.717) is 0 Å². The van der Waals surface area contributed by atoms with Gasteiger partial charge in [0.15, 0.2) is 0 Å². The highest BCUT2D eigenvalue weighted by atomic mass is 15.3. The van der Waals surface area contributed by atoms with Gasteiger partial charge in [-0.2, -0.15) is 5.10 Å². The number of nitrogens with two attached hydrogens (primary N) is 1. The van der Waals surface area contributed by atoms with Gasteiger partial charge in [0.2, 0.25) is 0 Å². The van der Waals surface area contributed by atoms with Crippen molar-refractivity contribution in [3.63, 3.8) is 0 Å².